The largest absolute Gasteiger partial charge is 0.310 e. The lowest BCUT2D eigenvalue weighted by Gasteiger charge is -2.21. The van der Waals surface area contributed by atoms with Gasteiger partial charge in [-0.1, -0.05) is 111 Å². The van der Waals surface area contributed by atoms with Crippen LogP contribution in [0, 0.1) is 0 Å². The van der Waals surface area contributed by atoms with Crippen molar-refractivity contribution in [2.24, 2.45) is 0 Å². The molecule has 0 fully saturated rings. The lowest BCUT2D eigenvalue weighted by Crippen LogP contribution is -2.28. The van der Waals surface area contributed by atoms with Crippen molar-refractivity contribution in [1.29, 1.82) is 0 Å². The molecule has 1 aliphatic carbocycles. The number of allylic oxidation sites excluding steroid dienone is 1. The Morgan fingerprint density at radius 1 is 0.636 bits per heavy atom. The van der Waals surface area contributed by atoms with Gasteiger partial charge in [0.05, 0.1) is 16.7 Å². The molecule has 8 rings (SSSR count). The molecule has 2 heterocycles. The maximum absolute atomic E-state index is 4.07. The summed E-state index contributed by atoms with van der Waals surface area (Å²) in [6.07, 6.45) is 6.28. The number of rotatable bonds is 4. The minimum absolute atomic E-state index is 0.0542. The molecule has 1 aliphatic rings. The second kappa shape index (κ2) is 9.86. The zero-order chi connectivity index (χ0) is 30.0. The Balaban J connectivity index is 1.36. The maximum Gasteiger partial charge on any atom is 0.0547 e. The van der Waals surface area contributed by atoms with Crippen molar-refractivity contribution in [2.45, 2.75) is 26.2 Å². The third-order valence-corrected chi connectivity index (χ3v) is 9.45. The first-order valence-corrected chi connectivity index (χ1v) is 15.4. The Hall–Kier alpha value is -5.34. The van der Waals surface area contributed by atoms with E-state index in [0.29, 0.717) is 0 Å². The Labute approximate surface area is 258 Å². The Kier molecular flexibility index (Phi) is 5.89. The number of hydrogen-bond donors (Lipinski definition) is 0. The van der Waals surface area contributed by atoms with Gasteiger partial charge in [-0.25, -0.2) is 0 Å². The van der Waals surface area contributed by atoms with Gasteiger partial charge >= 0.3 is 0 Å². The van der Waals surface area contributed by atoms with Gasteiger partial charge in [-0.3, -0.25) is 0 Å². The van der Waals surface area contributed by atoms with Gasteiger partial charge in [-0.05, 0) is 83.3 Å². The molecule has 7 aromatic rings. The van der Waals surface area contributed by atoms with E-state index in [4.69, 9.17) is 0 Å². The fraction of sp³-hybridized carbons (Fsp3) is 0.0952. The molecule has 2 heteroatoms. The normalized spacial score (nSPS) is 14.3. The van der Waals surface area contributed by atoms with Crippen LogP contribution in [-0.4, -0.2) is 9.13 Å². The predicted octanol–water partition coefficient (Wildman–Crippen LogP) is 9.31. The van der Waals surface area contributed by atoms with Crippen LogP contribution >= 0.6 is 0 Å². The van der Waals surface area contributed by atoms with Crippen LogP contribution in [0.2, 0.25) is 0 Å². The number of aromatic nitrogens is 2. The summed E-state index contributed by atoms with van der Waals surface area (Å²) in [7, 11) is 0. The molecular formula is C42H34N2. The summed E-state index contributed by atoms with van der Waals surface area (Å²) in [5.41, 5.74) is 12.5. The molecule has 2 nitrogen and oxygen atoms in total. The molecule has 0 saturated carbocycles. The lowest BCUT2D eigenvalue weighted by atomic mass is 9.82. The van der Waals surface area contributed by atoms with Crippen molar-refractivity contribution in [3.05, 3.63) is 156 Å². The van der Waals surface area contributed by atoms with Crippen LogP contribution in [0.5, 0.6) is 0 Å². The number of nitrogens with zero attached hydrogens (tertiary/aromatic N) is 2. The molecule has 0 atom stereocenters. The molecular weight excluding hydrogens is 532 g/mol. The highest BCUT2D eigenvalue weighted by molar-refractivity contribution is 5.94. The molecule has 0 radical (unpaired) electrons. The van der Waals surface area contributed by atoms with E-state index in [1.165, 1.54) is 65.9 Å². The molecule has 212 valence electrons. The summed E-state index contributed by atoms with van der Waals surface area (Å²) in [6, 6.07) is 44.3. The predicted molar refractivity (Wildman–Crippen MR) is 187 cm³/mol. The summed E-state index contributed by atoms with van der Waals surface area (Å²) >= 11 is 0. The van der Waals surface area contributed by atoms with E-state index in [-0.39, 0.29) is 5.41 Å². The Morgan fingerprint density at radius 3 is 2.07 bits per heavy atom. The van der Waals surface area contributed by atoms with Crippen LogP contribution in [0.1, 0.15) is 31.9 Å². The van der Waals surface area contributed by atoms with Gasteiger partial charge in [0.2, 0.25) is 0 Å². The molecule has 2 aromatic heterocycles. The third-order valence-electron chi connectivity index (χ3n) is 9.45. The monoisotopic (exact) mass is 566 g/mol. The molecule has 0 bridgehead atoms. The number of benzene rings is 5. The van der Waals surface area contributed by atoms with Crippen molar-refractivity contribution >= 4 is 34.0 Å². The third kappa shape index (κ3) is 3.74. The molecule has 5 aromatic carbocycles. The zero-order valence-corrected chi connectivity index (χ0v) is 25.4. The van der Waals surface area contributed by atoms with Crippen LogP contribution in [0.15, 0.2) is 134 Å². The van der Waals surface area contributed by atoms with E-state index in [1.54, 1.807) is 0 Å². The summed E-state index contributed by atoms with van der Waals surface area (Å²) < 4.78 is 4.78. The highest BCUT2D eigenvalue weighted by atomic mass is 15.0. The van der Waals surface area contributed by atoms with Crippen molar-refractivity contribution in [3.8, 4) is 33.8 Å². The molecule has 0 spiro atoms. The van der Waals surface area contributed by atoms with E-state index in [1.807, 2.05) is 6.08 Å². The van der Waals surface area contributed by atoms with E-state index < -0.39 is 0 Å². The van der Waals surface area contributed by atoms with E-state index >= 15 is 0 Å². The van der Waals surface area contributed by atoms with Gasteiger partial charge in [0, 0.05) is 38.1 Å². The molecule has 0 aliphatic heterocycles. The average Bonchev–Trinajstić information content (AvgIpc) is 3.67. The van der Waals surface area contributed by atoms with Crippen molar-refractivity contribution in [1.82, 2.24) is 9.13 Å². The SMILES string of the molecule is C=CC=c1c(=CC)n(-c2ccc(-n3c(-c4ccccc4)cc4ccccc43)cc2)c2cc3c(cc12)C(C)(C)c1ccccc1-3. The van der Waals surface area contributed by atoms with Gasteiger partial charge < -0.3 is 9.13 Å². The Morgan fingerprint density at radius 2 is 1.32 bits per heavy atom. The van der Waals surface area contributed by atoms with Crippen LogP contribution in [0.4, 0.5) is 0 Å². The number of para-hydroxylation sites is 1. The highest BCUT2D eigenvalue weighted by Crippen LogP contribution is 2.49. The average molecular weight is 567 g/mol. The molecule has 0 N–H and O–H groups in total. The fourth-order valence-electron chi connectivity index (χ4n) is 7.39. The van der Waals surface area contributed by atoms with Gasteiger partial charge in [0.25, 0.3) is 0 Å². The number of fused-ring (bicyclic) bond motifs is 5. The number of hydrogen-bond acceptors (Lipinski definition) is 0. The second-order valence-corrected chi connectivity index (χ2v) is 12.2. The summed E-state index contributed by atoms with van der Waals surface area (Å²) in [4.78, 5) is 0. The zero-order valence-electron chi connectivity index (χ0n) is 25.4. The van der Waals surface area contributed by atoms with E-state index in [9.17, 15) is 0 Å². The van der Waals surface area contributed by atoms with Gasteiger partial charge in [0.15, 0.2) is 0 Å². The van der Waals surface area contributed by atoms with Gasteiger partial charge in [-0.15, -0.1) is 0 Å². The van der Waals surface area contributed by atoms with Crippen LogP contribution in [-0.2, 0) is 5.41 Å². The quantitative estimate of drug-likeness (QED) is 0.201. The molecule has 44 heavy (non-hydrogen) atoms. The maximum atomic E-state index is 4.07. The minimum Gasteiger partial charge on any atom is -0.310 e. The lowest BCUT2D eigenvalue weighted by molar-refractivity contribution is 0.661. The molecule has 0 amide bonds. The first-order valence-electron chi connectivity index (χ1n) is 15.4. The molecule has 0 saturated heterocycles. The topological polar surface area (TPSA) is 9.86 Å². The van der Waals surface area contributed by atoms with Crippen molar-refractivity contribution < 1.29 is 0 Å². The van der Waals surface area contributed by atoms with Crippen molar-refractivity contribution in [2.75, 3.05) is 0 Å². The first-order chi connectivity index (χ1) is 21.5. The van der Waals surface area contributed by atoms with Crippen LogP contribution < -0.4 is 10.6 Å². The van der Waals surface area contributed by atoms with Crippen LogP contribution in [0.3, 0.4) is 0 Å². The minimum atomic E-state index is -0.0542. The molecule has 0 unspecified atom stereocenters. The van der Waals surface area contributed by atoms with E-state index in [2.05, 4.69) is 170 Å². The summed E-state index contributed by atoms with van der Waals surface area (Å²) in [6.45, 7) is 10.9. The van der Waals surface area contributed by atoms with E-state index in [0.717, 1.165) is 11.4 Å². The van der Waals surface area contributed by atoms with Crippen LogP contribution in [0.25, 0.3) is 67.7 Å². The Bertz CT molecular complexity index is 2360. The first kappa shape index (κ1) is 26.3. The van der Waals surface area contributed by atoms with Gasteiger partial charge in [-0.2, -0.15) is 0 Å². The van der Waals surface area contributed by atoms with Crippen molar-refractivity contribution in [3.63, 3.8) is 0 Å². The summed E-state index contributed by atoms with van der Waals surface area (Å²) in [5, 5.41) is 4.87. The van der Waals surface area contributed by atoms with Gasteiger partial charge in [0.1, 0.15) is 0 Å². The standard InChI is InChI=1S/C42H34N2/c1-5-14-33-35-26-37-34(32-18-11-12-19-36(32)42(37,3)4)27-41(35)43(38(33)6-2)30-21-23-31(24-22-30)44-39-20-13-10-17-29(39)25-40(44)28-15-8-7-9-16-28/h5-27H,1H2,2-4H3. The smallest absolute Gasteiger partial charge is 0.0547 e. The second-order valence-electron chi connectivity index (χ2n) is 12.2. The fourth-order valence-corrected chi connectivity index (χ4v) is 7.39. The summed E-state index contributed by atoms with van der Waals surface area (Å²) in [5.74, 6) is 0. The highest BCUT2D eigenvalue weighted by Gasteiger charge is 2.35.